The summed E-state index contributed by atoms with van der Waals surface area (Å²) in [6, 6.07) is 17.5. The fourth-order valence-electron chi connectivity index (χ4n) is 2.60. The molecule has 0 aliphatic carbocycles. The van der Waals surface area contributed by atoms with E-state index in [-0.39, 0.29) is 18.7 Å². The highest BCUT2D eigenvalue weighted by atomic mass is 16.6. The van der Waals surface area contributed by atoms with Crippen LogP contribution in [-0.4, -0.2) is 17.5 Å². The Bertz CT molecular complexity index is 628. The third kappa shape index (κ3) is 3.06. The van der Waals surface area contributed by atoms with E-state index >= 15 is 0 Å². The molecule has 0 saturated carbocycles. The van der Waals surface area contributed by atoms with E-state index in [0.717, 1.165) is 16.7 Å². The molecule has 0 radical (unpaired) electrons. The van der Waals surface area contributed by atoms with Gasteiger partial charge in [0.25, 0.3) is 0 Å². The van der Waals surface area contributed by atoms with Crippen LogP contribution in [0.3, 0.4) is 0 Å². The lowest BCUT2D eigenvalue weighted by molar-refractivity contribution is 0.0884. The highest BCUT2D eigenvalue weighted by Gasteiger charge is 2.26. The predicted molar refractivity (Wildman–Crippen MR) is 80.4 cm³/mol. The Morgan fingerprint density at radius 1 is 1.14 bits per heavy atom. The minimum absolute atomic E-state index is 0.153. The number of rotatable bonds is 2. The average molecular weight is 282 g/mol. The van der Waals surface area contributed by atoms with Gasteiger partial charge in [-0.15, -0.1) is 0 Å². The van der Waals surface area contributed by atoms with Gasteiger partial charge in [0.2, 0.25) is 0 Å². The minimum Gasteiger partial charge on any atom is -0.445 e. The van der Waals surface area contributed by atoms with E-state index in [9.17, 15) is 4.79 Å². The van der Waals surface area contributed by atoms with Gasteiger partial charge < -0.3 is 15.4 Å². The summed E-state index contributed by atoms with van der Waals surface area (Å²) < 4.78 is 5.36. The zero-order valence-electron chi connectivity index (χ0n) is 11.7. The normalized spacial score (nSPS) is 17.2. The van der Waals surface area contributed by atoms with Gasteiger partial charge in [-0.2, -0.15) is 0 Å². The molecule has 2 aromatic carbocycles. The lowest BCUT2D eigenvalue weighted by Gasteiger charge is -2.32. The number of benzene rings is 2. The summed E-state index contributed by atoms with van der Waals surface area (Å²) in [5.74, 6) is 0. The second kappa shape index (κ2) is 5.97. The van der Waals surface area contributed by atoms with Crippen molar-refractivity contribution in [2.45, 2.75) is 19.2 Å². The van der Waals surface area contributed by atoms with Crippen molar-refractivity contribution in [3.05, 3.63) is 71.3 Å². The number of hydrogen-bond donors (Lipinski definition) is 1. The van der Waals surface area contributed by atoms with Crippen LogP contribution >= 0.6 is 0 Å². The van der Waals surface area contributed by atoms with E-state index in [4.69, 9.17) is 10.5 Å². The lowest BCUT2D eigenvalue weighted by atomic mass is 9.96. The first-order valence-electron chi connectivity index (χ1n) is 7.03. The molecule has 1 aliphatic rings. The van der Waals surface area contributed by atoms with Crippen molar-refractivity contribution in [2.24, 2.45) is 5.73 Å². The third-order valence-electron chi connectivity index (χ3n) is 3.70. The Labute approximate surface area is 124 Å². The van der Waals surface area contributed by atoms with E-state index < -0.39 is 0 Å². The molecule has 1 heterocycles. The molecule has 1 amide bonds. The third-order valence-corrected chi connectivity index (χ3v) is 3.70. The SMILES string of the molecule is NC1CN(C(=O)OCc2ccccc2)Cc2ccccc21. The van der Waals surface area contributed by atoms with Crippen molar-refractivity contribution >= 4 is 6.09 Å². The number of amides is 1. The number of fused-ring (bicyclic) bond motifs is 1. The number of ether oxygens (including phenoxy) is 1. The second-order valence-electron chi connectivity index (χ2n) is 5.23. The summed E-state index contributed by atoms with van der Waals surface area (Å²) in [6.07, 6.45) is -0.316. The molecule has 2 N–H and O–H groups in total. The number of carbonyl (C=O) groups is 1. The summed E-state index contributed by atoms with van der Waals surface area (Å²) in [5.41, 5.74) is 9.32. The average Bonchev–Trinajstić information content (AvgIpc) is 2.53. The number of nitrogens with two attached hydrogens (primary N) is 1. The Morgan fingerprint density at radius 3 is 2.67 bits per heavy atom. The van der Waals surface area contributed by atoms with E-state index in [0.29, 0.717) is 13.1 Å². The first kappa shape index (κ1) is 13.6. The van der Waals surface area contributed by atoms with Gasteiger partial charge in [0, 0.05) is 19.1 Å². The fourth-order valence-corrected chi connectivity index (χ4v) is 2.60. The zero-order valence-corrected chi connectivity index (χ0v) is 11.7. The van der Waals surface area contributed by atoms with Gasteiger partial charge in [0.05, 0.1) is 0 Å². The summed E-state index contributed by atoms with van der Waals surface area (Å²) in [6.45, 7) is 1.33. The molecule has 0 aromatic heterocycles. The van der Waals surface area contributed by atoms with Crippen molar-refractivity contribution in [3.8, 4) is 0 Å². The molecule has 3 rings (SSSR count). The first-order chi connectivity index (χ1) is 10.2. The summed E-state index contributed by atoms with van der Waals surface area (Å²) in [4.78, 5) is 13.8. The van der Waals surface area contributed by atoms with Crippen LogP contribution in [0.5, 0.6) is 0 Å². The second-order valence-corrected chi connectivity index (χ2v) is 5.23. The molecule has 0 fully saturated rings. The monoisotopic (exact) mass is 282 g/mol. The molecule has 4 heteroatoms. The summed E-state index contributed by atoms with van der Waals surface area (Å²) in [5, 5.41) is 0. The molecule has 1 atom stereocenters. The Morgan fingerprint density at radius 2 is 1.86 bits per heavy atom. The zero-order chi connectivity index (χ0) is 14.7. The highest BCUT2D eigenvalue weighted by molar-refractivity contribution is 5.68. The van der Waals surface area contributed by atoms with Crippen LogP contribution in [0.25, 0.3) is 0 Å². The molecule has 0 spiro atoms. The van der Waals surface area contributed by atoms with Gasteiger partial charge >= 0.3 is 6.09 Å². The van der Waals surface area contributed by atoms with Crippen molar-refractivity contribution in [1.82, 2.24) is 4.90 Å². The van der Waals surface area contributed by atoms with Crippen LogP contribution in [0.15, 0.2) is 54.6 Å². The standard InChI is InChI=1S/C17H18N2O2/c18-16-11-19(10-14-8-4-5-9-15(14)16)17(20)21-12-13-6-2-1-3-7-13/h1-9,16H,10-12,18H2. The molecule has 108 valence electrons. The van der Waals surface area contributed by atoms with Crippen LogP contribution in [0.2, 0.25) is 0 Å². The van der Waals surface area contributed by atoms with Gasteiger partial charge in [-0.3, -0.25) is 0 Å². The maximum absolute atomic E-state index is 12.2. The maximum Gasteiger partial charge on any atom is 0.410 e. The van der Waals surface area contributed by atoms with Crippen LogP contribution in [0.1, 0.15) is 22.7 Å². The molecule has 1 aliphatic heterocycles. The lowest BCUT2D eigenvalue weighted by Crippen LogP contribution is -2.41. The minimum atomic E-state index is -0.316. The van der Waals surface area contributed by atoms with Crippen LogP contribution < -0.4 is 5.73 Å². The van der Waals surface area contributed by atoms with Crippen molar-refractivity contribution < 1.29 is 9.53 Å². The Balaban J connectivity index is 1.64. The van der Waals surface area contributed by atoms with E-state index in [1.54, 1.807) is 4.90 Å². The fraction of sp³-hybridized carbons (Fsp3) is 0.235. The Hall–Kier alpha value is -2.33. The predicted octanol–water partition coefficient (Wildman–Crippen LogP) is 2.84. The largest absolute Gasteiger partial charge is 0.445 e. The van der Waals surface area contributed by atoms with Crippen LogP contribution in [0.4, 0.5) is 4.79 Å². The van der Waals surface area contributed by atoms with Gasteiger partial charge in [0.1, 0.15) is 6.61 Å². The molecule has 1 unspecified atom stereocenters. The first-order valence-corrected chi connectivity index (χ1v) is 7.03. The molecule has 2 aromatic rings. The maximum atomic E-state index is 12.2. The van der Waals surface area contributed by atoms with Gasteiger partial charge in [-0.25, -0.2) is 4.79 Å². The summed E-state index contributed by atoms with van der Waals surface area (Å²) in [7, 11) is 0. The van der Waals surface area contributed by atoms with Gasteiger partial charge in [-0.05, 0) is 16.7 Å². The number of hydrogen-bond acceptors (Lipinski definition) is 3. The van der Waals surface area contributed by atoms with Crippen LogP contribution in [-0.2, 0) is 17.9 Å². The number of carbonyl (C=O) groups excluding carboxylic acids is 1. The van der Waals surface area contributed by atoms with Gasteiger partial charge in [-0.1, -0.05) is 54.6 Å². The van der Waals surface area contributed by atoms with E-state index in [1.807, 2.05) is 54.6 Å². The summed E-state index contributed by atoms with van der Waals surface area (Å²) >= 11 is 0. The molecule has 4 nitrogen and oxygen atoms in total. The van der Waals surface area contributed by atoms with Gasteiger partial charge in [0.15, 0.2) is 0 Å². The molecule has 21 heavy (non-hydrogen) atoms. The molecule has 0 saturated heterocycles. The van der Waals surface area contributed by atoms with E-state index in [1.165, 1.54) is 0 Å². The highest BCUT2D eigenvalue weighted by Crippen LogP contribution is 2.25. The quantitative estimate of drug-likeness (QED) is 0.921. The molecular formula is C17H18N2O2. The van der Waals surface area contributed by atoms with Crippen molar-refractivity contribution in [1.29, 1.82) is 0 Å². The molecular weight excluding hydrogens is 264 g/mol. The van der Waals surface area contributed by atoms with Crippen molar-refractivity contribution in [3.63, 3.8) is 0 Å². The van der Waals surface area contributed by atoms with Crippen molar-refractivity contribution in [2.75, 3.05) is 6.54 Å². The smallest absolute Gasteiger partial charge is 0.410 e. The Kier molecular flexibility index (Phi) is 3.88. The topological polar surface area (TPSA) is 55.6 Å². The number of nitrogens with zero attached hydrogens (tertiary/aromatic N) is 1. The molecule has 0 bridgehead atoms. The van der Waals surface area contributed by atoms with Crippen LogP contribution in [0, 0.1) is 0 Å². The van der Waals surface area contributed by atoms with E-state index in [2.05, 4.69) is 0 Å².